The molecule has 1 fully saturated rings. The lowest BCUT2D eigenvalue weighted by molar-refractivity contribution is 0.587. The fourth-order valence-electron chi connectivity index (χ4n) is 2.26. The zero-order chi connectivity index (χ0) is 13.6. The number of benzene rings is 1. The van der Waals surface area contributed by atoms with Crippen LogP contribution in [0.5, 0.6) is 0 Å². The summed E-state index contributed by atoms with van der Waals surface area (Å²) in [6, 6.07) is 9.15. The first-order valence-electron chi connectivity index (χ1n) is 6.10. The van der Waals surface area contributed by atoms with Gasteiger partial charge in [-0.05, 0) is 43.9 Å². The summed E-state index contributed by atoms with van der Waals surface area (Å²) in [6.45, 7) is 5.38. The van der Waals surface area contributed by atoms with Crippen molar-refractivity contribution >= 4 is 9.84 Å². The van der Waals surface area contributed by atoms with Crippen LogP contribution in [0.25, 0.3) is 0 Å². The fraction of sp³-hybridized carbons (Fsp3) is 0.500. The molecule has 0 amide bonds. The van der Waals surface area contributed by atoms with Crippen LogP contribution in [-0.2, 0) is 15.3 Å². The molecule has 2 unspecified atom stereocenters. The molecule has 1 aliphatic carbocycles. The van der Waals surface area contributed by atoms with E-state index in [9.17, 15) is 13.7 Å². The van der Waals surface area contributed by atoms with Crippen LogP contribution in [0.15, 0.2) is 29.2 Å². The first kappa shape index (κ1) is 13.1. The summed E-state index contributed by atoms with van der Waals surface area (Å²) in [5.41, 5.74) is 0.542. The summed E-state index contributed by atoms with van der Waals surface area (Å²) >= 11 is 0. The molecule has 3 nitrogen and oxygen atoms in total. The highest BCUT2D eigenvalue weighted by atomic mass is 32.2. The molecule has 96 valence electrons. The molecule has 1 aromatic carbocycles. The number of hydrogen-bond acceptors (Lipinski definition) is 3. The van der Waals surface area contributed by atoms with Crippen molar-refractivity contribution in [1.29, 1.82) is 5.26 Å². The van der Waals surface area contributed by atoms with Gasteiger partial charge < -0.3 is 0 Å². The monoisotopic (exact) mass is 263 g/mol. The molecular formula is C14H17NO2S. The van der Waals surface area contributed by atoms with Gasteiger partial charge in [0.1, 0.15) is 0 Å². The van der Waals surface area contributed by atoms with Gasteiger partial charge in [0.15, 0.2) is 9.84 Å². The molecule has 0 aliphatic heterocycles. The van der Waals surface area contributed by atoms with Gasteiger partial charge in [0.05, 0.1) is 21.6 Å². The van der Waals surface area contributed by atoms with Gasteiger partial charge in [-0.3, -0.25) is 0 Å². The number of rotatable bonds is 3. The van der Waals surface area contributed by atoms with Crippen molar-refractivity contribution < 1.29 is 8.42 Å². The molecule has 2 rings (SSSR count). The van der Waals surface area contributed by atoms with Crippen LogP contribution < -0.4 is 0 Å². The van der Waals surface area contributed by atoms with Crippen molar-refractivity contribution in [3.8, 4) is 6.07 Å². The van der Waals surface area contributed by atoms with Crippen molar-refractivity contribution in [2.75, 3.05) is 0 Å². The Labute approximate surface area is 108 Å². The zero-order valence-electron chi connectivity index (χ0n) is 10.8. The summed E-state index contributed by atoms with van der Waals surface area (Å²) < 4.78 is 24.0. The van der Waals surface area contributed by atoms with Crippen molar-refractivity contribution in [2.24, 2.45) is 5.92 Å². The minimum Gasteiger partial charge on any atom is -0.223 e. The molecule has 2 atom stereocenters. The van der Waals surface area contributed by atoms with Crippen LogP contribution in [0, 0.1) is 17.2 Å². The van der Waals surface area contributed by atoms with Crippen LogP contribution in [-0.4, -0.2) is 13.7 Å². The molecule has 0 aromatic heterocycles. The lowest BCUT2D eigenvalue weighted by Gasteiger charge is -2.11. The van der Waals surface area contributed by atoms with E-state index in [1.54, 1.807) is 38.1 Å². The van der Waals surface area contributed by atoms with Gasteiger partial charge in [-0.1, -0.05) is 19.1 Å². The third-order valence-electron chi connectivity index (χ3n) is 3.83. The van der Waals surface area contributed by atoms with Crippen LogP contribution >= 0.6 is 0 Å². The maximum Gasteiger partial charge on any atom is 0.180 e. The normalized spacial score (nSPS) is 26.9. The Balaban J connectivity index is 2.36. The molecule has 1 aliphatic rings. The average molecular weight is 263 g/mol. The van der Waals surface area contributed by atoms with E-state index in [4.69, 9.17) is 0 Å². The van der Waals surface area contributed by atoms with Crippen LogP contribution in [0.2, 0.25) is 0 Å². The van der Waals surface area contributed by atoms with Crippen molar-refractivity contribution in [3.63, 3.8) is 0 Å². The van der Waals surface area contributed by atoms with Gasteiger partial charge in [-0.15, -0.1) is 0 Å². The van der Waals surface area contributed by atoms with Gasteiger partial charge in [-0.25, -0.2) is 8.42 Å². The van der Waals surface area contributed by atoms with E-state index in [1.165, 1.54) is 0 Å². The average Bonchev–Trinajstić information content (AvgIpc) is 3.01. The van der Waals surface area contributed by atoms with Crippen LogP contribution in [0.4, 0.5) is 0 Å². The third kappa shape index (κ3) is 1.83. The lowest BCUT2D eigenvalue weighted by atomic mass is 9.95. The maximum absolute atomic E-state index is 12.0. The molecule has 4 heteroatoms. The number of nitriles is 1. The minimum absolute atomic E-state index is 0.336. The topological polar surface area (TPSA) is 57.9 Å². The van der Waals surface area contributed by atoms with Gasteiger partial charge in [-0.2, -0.15) is 5.26 Å². The van der Waals surface area contributed by atoms with E-state index in [-0.39, 0.29) is 5.41 Å². The Morgan fingerprint density at radius 1 is 1.33 bits per heavy atom. The Kier molecular flexibility index (Phi) is 2.98. The summed E-state index contributed by atoms with van der Waals surface area (Å²) in [4.78, 5) is 0.336. The molecule has 0 N–H and O–H groups in total. The quantitative estimate of drug-likeness (QED) is 0.842. The van der Waals surface area contributed by atoms with Gasteiger partial charge in [0.2, 0.25) is 0 Å². The second kappa shape index (κ2) is 4.10. The van der Waals surface area contributed by atoms with Crippen molar-refractivity contribution in [1.82, 2.24) is 0 Å². The molecule has 0 bridgehead atoms. The fourth-order valence-corrected chi connectivity index (χ4v) is 3.32. The van der Waals surface area contributed by atoms with Gasteiger partial charge in [0.25, 0.3) is 0 Å². The first-order chi connectivity index (χ1) is 8.34. The molecule has 1 saturated carbocycles. The summed E-state index contributed by atoms with van der Waals surface area (Å²) in [7, 11) is -3.22. The van der Waals surface area contributed by atoms with Crippen molar-refractivity contribution in [2.45, 2.75) is 42.8 Å². The zero-order valence-corrected chi connectivity index (χ0v) is 11.7. The second-order valence-electron chi connectivity index (χ2n) is 5.31. The van der Waals surface area contributed by atoms with Crippen molar-refractivity contribution in [3.05, 3.63) is 29.8 Å². The molecule has 18 heavy (non-hydrogen) atoms. The van der Waals surface area contributed by atoms with E-state index < -0.39 is 15.1 Å². The molecule has 0 saturated heterocycles. The predicted octanol–water partition coefficient (Wildman–Crippen LogP) is 2.67. The summed E-state index contributed by atoms with van der Waals surface area (Å²) in [6.07, 6.45) is 0.861. The molecule has 0 spiro atoms. The Hall–Kier alpha value is -1.34. The second-order valence-corrected chi connectivity index (χ2v) is 7.81. The molecule has 1 aromatic rings. The Bertz CT molecular complexity index is 596. The molecule has 0 radical (unpaired) electrons. The molecular weight excluding hydrogens is 246 g/mol. The van der Waals surface area contributed by atoms with E-state index in [2.05, 4.69) is 6.07 Å². The highest BCUT2D eigenvalue weighted by Gasteiger charge is 2.53. The standard InChI is InChI=1S/C14H17NO2S/c1-10(2)18(16,17)13-6-4-12(5-7-13)14(9-15)8-11(14)3/h4-7,10-11H,8H2,1-3H3. The van der Waals surface area contributed by atoms with Crippen LogP contribution in [0.3, 0.4) is 0 Å². The highest BCUT2D eigenvalue weighted by molar-refractivity contribution is 7.92. The van der Waals surface area contributed by atoms with Gasteiger partial charge in [0, 0.05) is 0 Å². The minimum atomic E-state index is -3.22. The maximum atomic E-state index is 12.0. The third-order valence-corrected chi connectivity index (χ3v) is 6.00. The lowest BCUT2D eigenvalue weighted by Crippen LogP contribution is -2.14. The number of sulfone groups is 1. The summed E-state index contributed by atoms with van der Waals surface area (Å²) in [5.74, 6) is 0.357. The van der Waals surface area contributed by atoms with Crippen LogP contribution in [0.1, 0.15) is 32.8 Å². The van der Waals surface area contributed by atoms with E-state index >= 15 is 0 Å². The number of hydrogen-bond donors (Lipinski definition) is 0. The van der Waals surface area contributed by atoms with Gasteiger partial charge >= 0.3 is 0 Å². The number of nitrogens with zero attached hydrogens (tertiary/aromatic N) is 1. The Morgan fingerprint density at radius 3 is 2.17 bits per heavy atom. The smallest absolute Gasteiger partial charge is 0.180 e. The Morgan fingerprint density at radius 2 is 1.83 bits per heavy atom. The van der Waals surface area contributed by atoms with E-state index in [0.717, 1.165) is 12.0 Å². The molecule has 0 heterocycles. The predicted molar refractivity (Wildman–Crippen MR) is 69.8 cm³/mol. The van der Waals surface area contributed by atoms with E-state index in [0.29, 0.717) is 10.8 Å². The SMILES string of the molecule is CC1CC1(C#N)c1ccc(S(=O)(=O)C(C)C)cc1. The van der Waals surface area contributed by atoms with E-state index in [1.807, 2.05) is 6.92 Å². The largest absolute Gasteiger partial charge is 0.223 e. The summed E-state index contributed by atoms with van der Waals surface area (Å²) in [5, 5.41) is 8.81. The first-order valence-corrected chi connectivity index (χ1v) is 7.65. The highest BCUT2D eigenvalue weighted by Crippen LogP contribution is 2.53.